The molecule has 0 saturated heterocycles. The van der Waals surface area contributed by atoms with E-state index in [4.69, 9.17) is 28.8 Å². The quantitative estimate of drug-likeness (QED) is 0.146. The number of ether oxygens (including phenoxy) is 5. The summed E-state index contributed by atoms with van der Waals surface area (Å²) in [5, 5.41) is 16.7. The highest BCUT2D eigenvalue weighted by Crippen LogP contribution is 2.20. The van der Waals surface area contributed by atoms with E-state index in [1.54, 1.807) is 107 Å². The highest BCUT2D eigenvalue weighted by atomic mass is 16.6. The number of nitrogens with zero attached hydrogens (tertiary/aromatic N) is 2. The largest absolute Gasteiger partial charge is 0.480 e. The molecule has 312 valence electrons. The highest BCUT2D eigenvalue weighted by Gasteiger charge is 2.30. The van der Waals surface area contributed by atoms with Gasteiger partial charge in [-0.2, -0.15) is 0 Å². The Kier molecular flexibility index (Phi) is 18.7. The van der Waals surface area contributed by atoms with Crippen LogP contribution in [0.2, 0.25) is 0 Å². The molecular weight excluding hydrogens is 718 g/mol. The first-order chi connectivity index (χ1) is 25.1. The Morgan fingerprint density at radius 3 is 1.38 bits per heavy atom. The number of carboxylic acid groups (broad SMARTS) is 1. The molecule has 0 unspecified atom stereocenters. The van der Waals surface area contributed by atoms with Crippen LogP contribution in [0.4, 0.5) is 24.9 Å². The molecule has 1 aromatic carbocycles. The maximum Gasteiger partial charge on any atom is 0.410 e. The predicted octanol–water partition coefficient (Wildman–Crippen LogP) is 5.41. The zero-order valence-corrected chi connectivity index (χ0v) is 34.6. The van der Waals surface area contributed by atoms with Gasteiger partial charge in [0, 0.05) is 45.0 Å². The first kappa shape index (κ1) is 48.2. The van der Waals surface area contributed by atoms with Crippen molar-refractivity contribution in [3.05, 3.63) is 29.8 Å². The zero-order valence-electron chi connectivity index (χ0n) is 34.6. The summed E-state index contributed by atoms with van der Waals surface area (Å²) in [5.41, 5.74) is -1.89. The molecule has 5 amide bonds. The molecule has 17 nitrogen and oxygen atoms in total. The van der Waals surface area contributed by atoms with Crippen LogP contribution in [0.15, 0.2) is 24.3 Å². The third-order valence-corrected chi connectivity index (χ3v) is 6.58. The van der Waals surface area contributed by atoms with Gasteiger partial charge in [-0.3, -0.25) is 4.79 Å². The van der Waals surface area contributed by atoms with Crippen LogP contribution in [-0.2, 0) is 39.7 Å². The van der Waals surface area contributed by atoms with Gasteiger partial charge in [-0.25, -0.2) is 24.0 Å². The van der Waals surface area contributed by atoms with Crippen LogP contribution in [0, 0.1) is 5.92 Å². The molecule has 0 saturated carbocycles. The number of aliphatic carboxylic acids is 1. The number of anilines is 1. The fourth-order valence-electron chi connectivity index (χ4n) is 4.68. The van der Waals surface area contributed by atoms with Crippen molar-refractivity contribution in [3.63, 3.8) is 0 Å². The van der Waals surface area contributed by atoms with Gasteiger partial charge >= 0.3 is 30.3 Å². The zero-order chi connectivity index (χ0) is 42.2. The van der Waals surface area contributed by atoms with Crippen molar-refractivity contribution in [2.24, 2.45) is 5.92 Å². The van der Waals surface area contributed by atoms with E-state index in [-0.39, 0.29) is 39.3 Å². The summed E-state index contributed by atoms with van der Waals surface area (Å²) >= 11 is 0. The summed E-state index contributed by atoms with van der Waals surface area (Å²) in [6.07, 6.45) is -2.25. The van der Waals surface area contributed by atoms with E-state index in [0.29, 0.717) is 12.1 Å². The van der Waals surface area contributed by atoms with E-state index >= 15 is 0 Å². The number of carbonyl (C=O) groups excluding carboxylic acids is 5. The van der Waals surface area contributed by atoms with Crippen molar-refractivity contribution in [2.75, 3.05) is 57.8 Å². The number of nitrogens with one attached hydrogen (secondary N) is 3. The van der Waals surface area contributed by atoms with Crippen molar-refractivity contribution in [1.82, 2.24) is 20.4 Å². The number of carbonyl (C=O) groups is 6. The van der Waals surface area contributed by atoms with Gasteiger partial charge < -0.3 is 54.5 Å². The lowest BCUT2D eigenvalue weighted by atomic mass is 9.97. The molecule has 1 aromatic rings. The average Bonchev–Trinajstić information content (AvgIpc) is 2.97. The van der Waals surface area contributed by atoms with Gasteiger partial charge in [0.2, 0.25) is 5.91 Å². The second kappa shape index (κ2) is 21.3. The summed E-state index contributed by atoms with van der Waals surface area (Å²) in [6.45, 7) is 20.1. The van der Waals surface area contributed by atoms with Crippen LogP contribution in [0.5, 0.6) is 0 Å². The summed E-state index contributed by atoms with van der Waals surface area (Å²) in [5.74, 6) is -2.18. The van der Waals surface area contributed by atoms with Gasteiger partial charge in [0.1, 0.15) is 35.6 Å². The molecule has 17 heteroatoms. The van der Waals surface area contributed by atoms with Gasteiger partial charge in [0.25, 0.3) is 0 Å². The topological polar surface area (TPSA) is 211 Å². The molecular formula is C38H63N5O12. The Bertz CT molecular complexity index is 1360. The van der Waals surface area contributed by atoms with Crippen molar-refractivity contribution in [2.45, 2.75) is 112 Å². The predicted molar refractivity (Wildman–Crippen MR) is 205 cm³/mol. The van der Waals surface area contributed by atoms with Crippen LogP contribution in [-0.4, -0.2) is 126 Å². The summed E-state index contributed by atoms with van der Waals surface area (Å²) < 4.78 is 27.0. The highest BCUT2D eigenvalue weighted by molar-refractivity contribution is 5.91. The molecule has 0 fully saturated rings. The first-order valence-electron chi connectivity index (χ1n) is 18.2. The van der Waals surface area contributed by atoms with Crippen LogP contribution in [0.3, 0.4) is 0 Å². The monoisotopic (exact) mass is 781 g/mol. The van der Waals surface area contributed by atoms with Crippen LogP contribution >= 0.6 is 0 Å². The van der Waals surface area contributed by atoms with Crippen LogP contribution < -0.4 is 16.0 Å². The minimum Gasteiger partial charge on any atom is -0.480 e. The van der Waals surface area contributed by atoms with E-state index in [0.717, 1.165) is 5.56 Å². The molecule has 55 heavy (non-hydrogen) atoms. The molecule has 0 atom stereocenters. The Labute approximate surface area is 325 Å². The lowest BCUT2D eigenvalue weighted by molar-refractivity contribution is -0.143. The van der Waals surface area contributed by atoms with Gasteiger partial charge in [-0.05, 0) is 113 Å². The molecule has 1 rings (SSSR count). The molecule has 0 spiro atoms. The number of rotatable bonds is 17. The Morgan fingerprint density at radius 2 is 1.02 bits per heavy atom. The van der Waals surface area contributed by atoms with Gasteiger partial charge in [-0.1, -0.05) is 12.1 Å². The Balaban J connectivity index is 3.44. The number of hydrogen-bond donors (Lipinski definition) is 4. The van der Waals surface area contributed by atoms with Gasteiger partial charge in [0.05, 0.1) is 0 Å². The lowest BCUT2D eigenvalue weighted by Gasteiger charge is -2.34. The third kappa shape index (κ3) is 24.3. The molecule has 0 radical (unpaired) electrons. The summed E-state index contributed by atoms with van der Waals surface area (Å²) in [7, 11) is 0. The van der Waals surface area contributed by atoms with Crippen molar-refractivity contribution < 1.29 is 57.6 Å². The SMILES string of the molecule is CC(C)(C)OC(=O)NCCN(CC(Cc1ccc(NC(=O)COCC(=O)O)cc1)CN(CCNC(=O)OC(C)(C)C)C(=O)OC(C)(C)C)C(=O)OC(C)(C)C. The Morgan fingerprint density at radius 1 is 0.618 bits per heavy atom. The van der Waals surface area contributed by atoms with Gasteiger partial charge in [-0.15, -0.1) is 0 Å². The number of amides is 5. The number of hydrogen-bond acceptors (Lipinski definition) is 11. The van der Waals surface area contributed by atoms with Crippen molar-refractivity contribution >= 4 is 41.9 Å². The van der Waals surface area contributed by atoms with Gasteiger partial charge in [0.15, 0.2) is 0 Å². The van der Waals surface area contributed by atoms with E-state index in [2.05, 4.69) is 16.0 Å². The molecule has 0 aliphatic rings. The van der Waals surface area contributed by atoms with E-state index < -0.39 is 77.8 Å². The minimum absolute atomic E-state index is 0.0427. The third-order valence-electron chi connectivity index (χ3n) is 6.58. The molecule has 0 aliphatic heterocycles. The lowest BCUT2D eigenvalue weighted by Crippen LogP contribution is -2.48. The van der Waals surface area contributed by atoms with Crippen molar-refractivity contribution in [3.8, 4) is 0 Å². The maximum atomic E-state index is 13.6. The standard InChI is InChI=1S/C38H63N5O12/c1-35(2,3)52-31(47)39-17-19-42(33(49)54-37(7,8)9)22-27(21-26-13-15-28(16-14-26)41-29(44)24-51-25-30(45)46)23-43(34(50)55-38(10,11)12)20-18-40-32(48)53-36(4,5)6/h13-16,27H,17-25H2,1-12H3,(H,39,47)(H,40,48)(H,41,44)(H,45,46). The number of benzene rings is 1. The second-order valence-electron chi connectivity index (χ2n) is 16.9. The molecule has 0 heterocycles. The fraction of sp³-hybridized carbons (Fsp3) is 0.684. The molecule has 0 aromatic heterocycles. The van der Waals surface area contributed by atoms with E-state index in [1.165, 1.54) is 9.80 Å². The Hall–Kier alpha value is -4.80. The maximum absolute atomic E-state index is 13.6. The number of alkyl carbamates (subject to hydrolysis) is 2. The first-order valence-corrected chi connectivity index (χ1v) is 18.2. The molecule has 0 bridgehead atoms. The average molecular weight is 782 g/mol. The normalized spacial score (nSPS) is 11.9. The van der Waals surface area contributed by atoms with E-state index in [9.17, 15) is 28.8 Å². The molecule has 0 aliphatic carbocycles. The van der Waals surface area contributed by atoms with E-state index in [1.807, 2.05) is 0 Å². The number of carboxylic acids is 1. The fourth-order valence-corrected chi connectivity index (χ4v) is 4.68. The minimum atomic E-state index is -1.19. The molecule has 4 N–H and O–H groups in total. The second-order valence-corrected chi connectivity index (χ2v) is 16.9. The van der Waals surface area contributed by atoms with Crippen molar-refractivity contribution in [1.29, 1.82) is 0 Å². The smallest absolute Gasteiger partial charge is 0.410 e. The summed E-state index contributed by atoms with van der Waals surface area (Å²) in [6, 6.07) is 6.86. The summed E-state index contributed by atoms with van der Waals surface area (Å²) in [4.78, 5) is 77.8. The van der Waals surface area contributed by atoms with Crippen LogP contribution in [0.1, 0.15) is 88.6 Å². The van der Waals surface area contributed by atoms with Crippen LogP contribution in [0.25, 0.3) is 0 Å².